The number of carbonyl (C=O) groups is 1. The first-order valence-corrected chi connectivity index (χ1v) is 14.4. The zero-order valence-corrected chi connectivity index (χ0v) is 22.0. The second kappa shape index (κ2) is 18.4. The van der Waals surface area contributed by atoms with Gasteiger partial charge >= 0.3 is 0 Å². The van der Waals surface area contributed by atoms with Crippen molar-refractivity contribution in [2.45, 2.75) is 126 Å². The van der Waals surface area contributed by atoms with Crippen LogP contribution in [-0.4, -0.2) is 31.4 Å². The van der Waals surface area contributed by atoms with E-state index in [2.05, 4.69) is 22.4 Å². The summed E-state index contributed by atoms with van der Waals surface area (Å²) in [4.78, 5) is 11.6. The lowest BCUT2D eigenvalue weighted by Crippen LogP contribution is -2.18. The van der Waals surface area contributed by atoms with Crippen molar-refractivity contribution in [1.82, 2.24) is 20.2 Å². The predicted octanol–water partition coefficient (Wildman–Crippen LogP) is 7.26. The zero-order valence-electron chi connectivity index (χ0n) is 21.2. The van der Waals surface area contributed by atoms with Crippen molar-refractivity contribution in [3.8, 4) is 5.69 Å². The minimum Gasteiger partial charge on any atom is -0.370 e. The van der Waals surface area contributed by atoms with Crippen molar-refractivity contribution in [2.24, 2.45) is 5.73 Å². The number of tetrazole rings is 1. The highest BCUT2D eigenvalue weighted by Crippen LogP contribution is 2.28. The van der Waals surface area contributed by atoms with Gasteiger partial charge in [-0.3, -0.25) is 4.79 Å². The van der Waals surface area contributed by atoms with E-state index in [4.69, 9.17) is 5.73 Å². The highest BCUT2D eigenvalue weighted by atomic mass is 32.2. The normalized spacial score (nSPS) is 12.1. The minimum absolute atomic E-state index is 0.105. The molecule has 0 bridgehead atoms. The van der Waals surface area contributed by atoms with Crippen LogP contribution in [0.4, 0.5) is 0 Å². The van der Waals surface area contributed by atoms with Crippen LogP contribution in [0.25, 0.3) is 5.69 Å². The van der Waals surface area contributed by atoms with Crippen LogP contribution in [-0.2, 0) is 4.79 Å². The molecule has 190 valence electrons. The number of nitrogens with zero attached hydrogens (tertiary/aromatic N) is 4. The molecule has 1 amide bonds. The average molecular weight is 488 g/mol. The predicted molar refractivity (Wildman–Crippen MR) is 142 cm³/mol. The summed E-state index contributed by atoms with van der Waals surface area (Å²) >= 11 is 1.56. The first kappa shape index (κ1) is 28.3. The van der Waals surface area contributed by atoms with Crippen molar-refractivity contribution >= 4 is 17.7 Å². The summed E-state index contributed by atoms with van der Waals surface area (Å²) in [6.45, 7) is 2.28. The summed E-state index contributed by atoms with van der Waals surface area (Å²) in [5.74, 6) is -0.266. The molecule has 34 heavy (non-hydrogen) atoms. The second-order valence-electron chi connectivity index (χ2n) is 9.36. The molecule has 2 N–H and O–H groups in total. The Kier molecular flexibility index (Phi) is 15.4. The molecule has 0 spiro atoms. The number of hydrogen-bond donors (Lipinski definition) is 1. The average Bonchev–Trinajstić information content (AvgIpc) is 3.29. The lowest BCUT2D eigenvalue weighted by atomic mass is 10.0. The quantitative estimate of drug-likeness (QED) is 0.148. The minimum atomic E-state index is -0.266. The fraction of sp³-hybridized carbons (Fsp3) is 0.704. The van der Waals surface area contributed by atoms with Crippen molar-refractivity contribution in [3.05, 3.63) is 30.3 Å². The summed E-state index contributed by atoms with van der Waals surface area (Å²) in [7, 11) is 0. The molecule has 1 aromatic carbocycles. The molecule has 2 aromatic rings. The summed E-state index contributed by atoms with van der Waals surface area (Å²) < 4.78 is 1.73. The van der Waals surface area contributed by atoms with E-state index in [9.17, 15) is 4.79 Å². The Morgan fingerprint density at radius 2 is 1.38 bits per heavy atom. The molecule has 0 radical (unpaired) electrons. The molecule has 1 atom stereocenters. The molecule has 1 aromatic heterocycles. The molecule has 2 rings (SSSR count). The Morgan fingerprint density at radius 1 is 0.853 bits per heavy atom. The van der Waals surface area contributed by atoms with Gasteiger partial charge < -0.3 is 5.73 Å². The molecular weight excluding hydrogens is 442 g/mol. The maximum Gasteiger partial charge on any atom is 0.218 e. The molecular formula is C27H45N5OS. The van der Waals surface area contributed by atoms with Crippen LogP contribution in [0.1, 0.15) is 116 Å². The number of aromatic nitrogens is 4. The third kappa shape index (κ3) is 12.5. The van der Waals surface area contributed by atoms with Crippen LogP contribution < -0.4 is 5.73 Å². The third-order valence-corrected chi connectivity index (χ3v) is 7.47. The summed E-state index contributed by atoms with van der Waals surface area (Å²) in [5.41, 5.74) is 6.43. The van der Waals surface area contributed by atoms with E-state index in [-0.39, 0.29) is 11.2 Å². The highest BCUT2D eigenvalue weighted by molar-refractivity contribution is 7.99. The maximum absolute atomic E-state index is 11.6. The summed E-state index contributed by atoms with van der Waals surface area (Å²) in [6.07, 6.45) is 21.6. The Morgan fingerprint density at radius 3 is 1.91 bits per heavy atom. The fourth-order valence-electron chi connectivity index (χ4n) is 4.30. The standard InChI is InChI=1S/C27H45N5OS/c1-2-3-4-5-6-7-8-9-10-11-12-13-14-15-19-22-25(23-26(28)33)34-27-29-30-31-32(27)24-20-17-16-18-21-24/h16-18,20-21,25H,2-15,19,22-23H2,1H3,(H2,28,33). The smallest absolute Gasteiger partial charge is 0.218 e. The number of para-hydroxylation sites is 1. The van der Waals surface area contributed by atoms with Crippen LogP contribution in [0.3, 0.4) is 0 Å². The molecule has 0 saturated carbocycles. The van der Waals surface area contributed by atoms with Crippen molar-refractivity contribution < 1.29 is 4.79 Å². The number of unbranched alkanes of at least 4 members (excludes halogenated alkanes) is 14. The van der Waals surface area contributed by atoms with Gasteiger partial charge in [-0.05, 0) is 29.0 Å². The van der Waals surface area contributed by atoms with Crippen LogP contribution in [0.2, 0.25) is 0 Å². The van der Waals surface area contributed by atoms with Gasteiger partial charge in [-0.15, -0.1) is 5.10 Å². The number of benzene rings is 1. The number of primary amides is 1. The van der Waals surface area contributed by atoms with E-state index in [0.29, 0.717) is 11.6 Å². The Hall–Kier alpha value is -1.89. The van der Waals surface area contributed by atoms with Crippen molar-refractivity contribution in [2.75, 3.05) is 0 Å². The summed E-state index contributed by atoms with van der Waals surface area (Å²) in [5, 5.41) is 12.9. The molecule has 0 aliphatic rings. The first-order valence-electron chi connectivity index (χ1n) is 13.5. The molecule has 6 nitrogen and oxygen atoms in total. The number of thioether (sulfide) groups is 1. The molecule has 7 heteroatoms. The maximum atomic E-state index is 11.6. The fourth-order valence-corrected chi connectivity index (χ4v) is 5.46. The van der Waals surface area contributed by atoms with E-state index in [1.54, 1.807) is 16.4 Å². The van der Waals surface area contributed by atoms with Gasteiger partial charge in [0.2, 0.25) is 11.1 Å². The SMILES string of the molecule is CCCCCCCCCCCCCCCCCC(CC(N)=O)Sc1nnnn1-c1ccccc1. The number of hydrogen-bond acceptors (Lipinski definition) is 5. The monoisotopic (exact) mass is 487 g/mol. The Balaban J connectivity index is 1.55. The van der Waals surface area contributed by atoms with Crippen LogP contribution in [0.5, 0.6) is 0 Å². The van der Waals surface area contributed by atoms with E-state index in [0.717, 1.165) is 18.5 Å². The van der Waals surface area contributed by atoms with Gasteiger partial charge in [0, 0.05) is 11.7 Å². The van der Waals surface area contributed by atoms with E-state index in [1.165, 1.54) is 89.9 Å². The van der Waals surface area contributed by atoms with Crippen molar-refractivity contribution in [1.29, 1.82) is 0 Å². The molecule has 0 aliphatic heterocycles. The Bertz CT molecular complexity index is 767. The number of rotatable bonds is 21. The van der Waals surface area contributed by atoms with Gasteiger partial charge in [-0.1, -0.05) is 133 Å². The first-order chi connectivity index (χ1) is 16.7. The molecule has 0 saturated heterocycles. The zero-order chi connectivity index (χ0) is 24.3. The molecule has 1 heterocycles. The van der Waals surface area contributed by atoms with Gasteiger partial charge in [-0.2, -0.15) is 4.68 Å². The number of carbonyl (C=O) groups excluding carboxylic acids is 1. The number of amides is 1. The van der Waals surface area contributed by atoms with Gasteiger partial charge in [0.15, 0.2) is 0 Å². The van der Waals surface area contributed by atoms with E-state index < -0.39 is 0 Å². The lowest BCUT2D eigenvalue weighted by molar-refractivity contribution is -0.118. The highest BCUT2D eigenvalue weighted by Gasteiger charge is 2.18. The van der Waals surface area contributed by atoms with E-state index >= 15 is 0 Å². The largest absolute Gasteiger partial charge is 0.370 e. The van der Waals surface area contributed by atoms with Crippen LogP contribution in [0.15, 0.2) is 35.5 Å². The van der Waals surface area contributed by atoms with Gasteiger partial charge in [0.1, 0.15) is 0 Å². The van der Waals surface area contributed by atoms with E-state index in [1.807, 2.05) is 30.3 Å². The van der Waals surface area contributed by atoms with Gasteiger partial charge in [0.25, 0.3) is 0 Å². The molecule has 1 unspecified atom stereocenters. The van der Waals surface area contributed by atoms with Crippen molar-refractivity contribution in [3.63, 3.8) is 0 Å². The third-order valence-electron chi connectivity index (χ3n) is 6.27. The van der Waals surface area contributed by atoms with Crippen LogP contribution in [0, 0.1) is 0 Å². The lowest BCUT2D eigenvalue weighted by Gasteiger charge is -2.14. The topological polar surface area (TPSA) is 86.7 Å². The van der Waals surface area contributed by atoms with Gasteiger partial charge in [-0.25, -0.2) is 0 Å². The molecule has 0 fully saturated rings. The van der Waals surface area contributed by atoms with Gasteiger partial charge in [0.05, 0.1) is 5.69 Å². The van der Waals surface area contributed by atoms with Crippen LogP contribution >= 0.6 is 11.8 Å². The Labute approximate surface area is 210 Å². The number of nitrogens with two attached hydrogens (primary N) is 1. The summed E-state index contributed by atoms with van der Waals surface area (Å²) in [6, 6.07) is 9.83. The second-order valence-corrected chi connectivity index (χ2v) is 10.6. The molecule has 0 aliphatic carbocycles.